The molecule has 0 aromatic carbocycles. The van der Waals surface area contributed by atoms with Gasteiger partial charge in [-0.05, 0) is 26.2 Å². The van der Waals surface area contributed by atoms with E-state index < -0.39 is 0 Å². The lowest BCUT2D eigenvalue weighted by atomic mass is 10.1. The first-order chi connectivity index (χ1) is 4.66. The molecule has 0 amide bonds. The Morgan fingerprint density at radius 1 is 1.50 bits per heavy atom. The summed E-state index contributed by atoms with van der Waals surface area (Å²) in [6, 6.07) is 0. The summed E-state index contributed by atoms with van der Waals surface area (Å²) in [4.78, 5) is 4.13. The first-order valence-corrected chi connectivity index (χ1v) is 3.82. The van der Waals surface area contributed by atoms with Crippen LogP contribution >= 0.6 is 0 Å². The van der Waals surface area contributed by atoms with E-state index in [1.54, 1.807) is 0 Å². The highest BCUT2D eigenvalue weighted by Crippen LogP contribution is 2.04. The zero-order chi connectivity index (χ0) is 7.98. The molecule has 0 aliphatic carbocycles. The molecule has 58 valence electrons. The van der Waals surface area contributed by atoms with Crippen molar-refractivity contribution >= 4 is 6.21 Å². The molecule has 0 aromatic heterocycles. The molecule has 0 fully saturated rings. The Morgan fingerprint density at radius 3 is 2.50 bits per heavy atom. The Bertz CT molecular complexity index is 132. The van der Waals surface area contributed by atoms with Crippen molar-refractivity contribution in [1.29, 1.82) is 0 Å². The number of hydrogen-bond donors (Lipinski definition) is 0. The predicted octanol–water partition coefficient (Wildman–Crippen LogP) is 3.03. The largest absolute Gasteiger partial charge is 0.267 e. The first-order valence-electron chi connectivity index (χ1n) is 3.82. The minimum Gasteiger partial charge on any atom is -0.267 e. The fourth-order valence-electron chi connectivity index (χ4n) is 0.663. The van der Waals surface area contributed by atoms with Gasteiger partial charge in [-0.25, -0.2) is 0 Å². The summed E-state index contributed by atoms with van der Waals surface area (Å²) in [5.74, 6) is 0.738. The molecule has 10 heavy (non-hydrogen) atoms. The Balaban J connectivity index is 3.68. The van der Waals surface area contributed by atoms with Crippen molar-refractivity contribution < 1.29 is 0 Å². The quantitative estimate of drug-likeness (QED) is 0.533. The van der Waals surface area contributed by atoms with Gasteiger partial charge in [0, 0.05) is 11.9 Å². The van der Waals surface area contributed by atoms with Gasteiger partial charge >= 0.3 is 0 Å². The van der Waals surface area contributed by atoms with Crippen LogP contribution in [0.15, 0.2) is 16.8 Å². The highest BCUT2D eigenvalue weighted by Gasteiger charge is 1.88. The summed E-state index contributed by atoms with van der Waals surface area (Å²) in [6.07, 6.45) is 5.12. The second-order valence-corrected chi connectivity index (χ2v) is 2.86. The van der Waals surface area contributed by atoms with Crippen molar-refractivity contribution in [3.05, 3.63) is 11.8 Å². The minimum atomic E-state index is 0.738. The van der Waals surface area contributed by atoms with E-state index in [0.717, 1.165) is 18.0 Å². The number of nitrogens with zero attached hydrogens (tertiary/aromatic N) is 1. The Labute approximate surface area is 63.9 Å². The van der Waals surface area contributed by atoms with Gasteiger partial charge in [-0.15, -0.1) is 0 Å². The summed E-state index contributed by atoms with van der Waals surface area (Å²) in [7, 11) is 0. The molecule has 0 aromatic rings. The molecule has 0 aliphatic heterocycles. The molecule has 0 saturated heterocycles. The van der Waals surface area contributed by atoms with Crippen molar-refractivity contribution in [2.45, 2.75) is 34.1 Å². The van der Waals surface area contributed by atoms with Crippen LogP contribution in [-0.4, -0.2) is 6.21 Å². The fraction of sp³-hybridized carbons (Fsp3) is 0.667. The Morgan fingerprint density at radius 2 is 2.10 bits per heavy atom. The van der Waals surface area contributed by atoms with Crippen molar-refractivity contribution in [1.82, 2.24) is 0 Å². The monoisotopic (exact) mass is 139 g/mol. The molecule has 0 N–H and O–H groups in total. The van der Waals surface area contributed by atoms with Crippen LogP contribution in [0.4, 0.5) is 0 Å². The molecular weight excluding hydrogens is 122 g/mol. The summed E-state index contributed by atoms with van der Waals surface area (Å²) < 4.78 is 0. The number of hydrogen-bond acceptors (Lipinski definition) is 1. The van der Waals surface area contributed by atoms with Gasteiger partial charge < -0.3 is 0 Å². The van der Waals surface area contributed by atoms with Crippen LogP contribution in [0.3, 0.4) is 0 Å². The van der Waals surface area contributed by atoms with Crippen LogP contribution < -0.4 is 0 Å². The molecule has 0 unspecified atom stereocenters. The number of rotatable bonds is 3. The van der Waals surface area contributed by atoms with Crippen LogP contribution in [0.25, 0.3) is 0 Å². The second-order valence-electron chi connectivity index (χ2n) is 2.86. The van der Waals surface area contributed by atoms with Crippen LogP contribution in [0.5, 0.6) is 0 Å². The van der Waals surface area contributed by atoms with Gasteiger partial charge in [0.05, 0.1) is 0 Å². The van der Waals surface area contributed by atoms with E-state index in [1.165, 1.54) is 0 Å². The minimum absolute atomic E-state index is 0.738. The third kappa shape index (κ3) is 5.54. The molecule has 0 radical (unpaired) electrons. The van der Waals surface area contributed by atoms with Gasteiger partial charge in [-0.2, -0.15) is 0 Å². The maximum Gasteiger partial charge on any atom is 0.0328 e. The zero-order valence-corrected chi connectivity index (χ0v) is 7.39. The average molecular weight is 139 g/mol. The van der Waals surface area contributed by atoms with E-state index in [4.69, 9.17) is 0 Å². The van der Waals surface area contributed by atoms with Crippen molar-refractivity contribution in [3.63, 3.8) is 0 Å². The normalized spacial score (nSPS) is 13.5. The standard InChI is InChI=1S/C9H17N/c1-5-10-9(4)7-6-8(2)3/h5,7-8H,6H2,1-4H3/b9-7-,10-5-. The average Bonchev–Trinajstić information content (AvgIpc) is 1.85. The van der Waals surface area contributed by atoms with Crippen molar-refractivity contribution in [3.8, 4) is 0 Å². The van der Waals surface area contributed by atoms with E-state index in [-0.39, 0.29) is 0 Å². The van der Waals surface area contributed by atoms with Gasteiger partial charge in [0.2, 0.25) is 0 Å². The van der Waals surface area contributed by atoms with E-state index >= 15 is 0 Å². The SMILES string of the molecule is C/C=N\C(C)=C/CC(C)C. The van der Waals surface area contributed by atoms with Crippen LogP contribution in [0.2, 0.25) is 0 Å². The third-order valence-electron chi connectivity index (χ3n) is 1.22. The second kappa shape index (κ2) is 5.21. The lowest BCUT2D eigenvalue weighted by Crippen LogP contribution is -1.82. The van der Waals surface area contributed by atoms with Gasteiger partial charge in [0.25, 0.3) is 0 Å². The zero-order valence-electron chi connectivity index (χ0n) is 7.39. The van der Waals surface area contributed by atoms with Crippen molar-refractivity contribution in [2.75, 3.05) is 0 Å². The van der Waals surface area contributed by atoms with E-state index in [2.05, 4.69) is 24.9 Å². The van der Waals surface area contributed by atoms with Gasteiger partial charge in [0.15, 0.2) is 0 Å². The molecular formula is C9H17N. The maximum atomic E-state index is 4.13. The van der Waals surface area contributed by atoms with Gasteiger partial charge in [0.1, 0.15) is 0 Å². The molecule has 0 rings (SSSR count). The number of aliphatic imine (C=N–C) groups is 1. The highest BCUT2D eigenvalue weighted by molar-refractivity contribution is 5.55. The maximum absolute atomic E-state index is 4.13. The fourth-order valence-corrected chi connectivity index (χ4v) is 0.663. The molecule has 1 nitrogen and oxygen atoms in total. The summed E-state index contributed by atoms with van der Waals surface area (Å²) in [5.41, 5.74) is 1.12. The highest BCUT2D eigenvalue weighted by atomic mass is 14.7. The lowest BCUT2D eigenvalue weighted by molar-refractivity contribution is 0.661. The van der Waals surface area contributed by atoms with E-state index in [1.807, 2.05) is 20.1 Å². The van der Waals surface area contributed by atoms with Gasteiger partial charge in [-0.3, -0.25) is 4.99 Å². The predicted molar refractivity (Wildman–Crippen MR) is 47.4 cm³/mol. The summed E-state index contributed by atoms with van der Waals surface area (Å²) >= 11 is 0. The van der Waals surface area contributed by atoms with Crippen LogP contribution in [0, 0.1) is 5.92 Å². The molecule has 0 saturated carbocycles. The Hall–Kier alpha value is -0.590. The van der Waals surface area contributed by atoms with Crippen molar-refractivity contribution in [2.24, 2.45) is 10.9 Å². The van der Waals surface area contributed by atoms with Crippen LogP contribution in [0.1, 0.15) is 34.1 Å². The lowest BCUT2D eigenvalue weighted by Gasteiger charge is -1.97. The molecule has 0 spiro atoms. The third-order valence-corrected chi connectivity index (χ3v) is 1.22. The molecule has 0 heterocycles. The van der Waals surface area contributed by atoms with E-state index in [9.17, 15) is 0 Å². The molecule has 0 aliphatic rings. The molecule has 1 heteroatoms. The summed E-state index contributed by atoms with van der Waals surface area (Å²) in [6.45, 7) is 8.38. The number of allylic oxidation sites excluding steroid dienone is 2. The van der Waals surface area contributed by atoms with E-state index in [0.29, 0.717) is 0 Å². The first kappa shape index (κ1) is 9.41. The van der Waals surface area contributed by atoms with Gasteiger partial charge in [-0.1, -0.05) is 19.9 Å². The molecule has 0 bridgehead atoms. The summed E-state index contributed by atoms with van der Waals surface area (Å²) in [5, 5.41) is 0. The molecule has 0 atom stereocenters. The van der Waals surface area contributed by atoms with Crippen LogP contribution in [-0.2, 0) is 0 Å². The smallest absolute Gasteiger partial charge is 0.0328 e. The Kier molecular flexibility index (Phi) is 4.91. The topological polar surface area (TPSA) is 12.4 Å².